The number of pyridine rings is 1. The number of hydrogen-bond acceptors (Lipinski definition) is 4. The molecule has 0 aliphatic rings. The van der Waals surface area contributed by atoms with Gasteiger partial charge in [0, 0.05) is 24.4 Å². The Morgan fingerprint density at radius 3 is 2.28 bits per heavy atom. The van der Waals surface area contributed by atoms with E-state index in [-0.39, 0.29) is 42.0 Å². The fourth-order valence-corrected chi connectivity index (χ4v) is 5.75. The van der Waals surface area contributed by atoms with Crippen LogP contribution in [0.1, 0.15) is 79.1 Å². The van der Waals surface area contributed by atoms with Crippen LogP contribution in [-0.4, -0.2) is 47.1 Å². The Morgan fingerprint density at radius 2 is 1.72 bits per heavy atom. The van der Waals surface area contributed by atoms with E-state index in [1.54, 1.807) is 51.9 Å². The van der Waals surface area contributed by atoms with Gasteiger partial charge >= 0.3 is 12.1 Å². The molecule has 1 unspecified atom stereocenters. The van der Waals surface area contributed by atoms with E-state index in [0.717, 1.165) is 27.5 Å². The third-order valence-corrected chi connectivity index (χ3v) is 8.01. The molecule has 0 spiro atoms. The summed E-state index contributed by atoms with van der Waals surface area (Å²) in [4.78, 5) is 40.8. The van der Waals surface area contributed by atoms with Gasteiger partial charge in [0.1, 0.15) is 11.9 Å². The fraction of sp³-hybridized carbons (Fsp3) is 0.457. The Hall–Kier alpha value is -3.99. The van der Waals surface area contributed by atoms with E-state index in [0.29, 0.717) is 18.1 Å². The Morgan fingerprint density at radius 1 is 1.04 bits per heavy atom. The van der Waals surface area contributed by atoms with Crippen molar-refractivity contribution in [1.29, 1.82) is 0 Å². The quantitative estimate of drug-likeness (QED) is 0.198. The number of rotatable bonds is 13. The topological polar surface area (TPSA) is 91.6 Å². The molecule has 0 radical (unpaired) electrons. The van der Waals surface area contributed by atoms with Crippen molar-refractivity contribution in [3.8, 4) is 11.1 Å². The van der Waals surface area contributed by atoms with E-state index >= 15 is 4.39 Å². The molecule has 2 N–H and O–H groups in total. The van der Waals surface area contributed by atoms with Crippen LogP contribution in [0.15, 0.2) is 47.4 Å². The van der Waals surface area contributed by atoms with Gasteiger partial charge in [-0.15, -0.1) is 0 Å². The lowest BCUT2D eigenvalue weighted by Gasteiger charge is -2.27. The van der Waals surface area contributed by atoms with Crippen LogP contribution in [0.5, 0.6) is 0 Å². The number of alkyl halides is 3. The summed E-state index contributed by atoms with van der Waals surface area (Å²) in [6.07, 6.45) is -3.64. The summed E-state index contributed by atoms with van der Waals surface area (Å²) in [6.45, 7) is 9.32. The average molecular weight is 646 g/mol. The molecule has 7 nitrogen and oxygen atoms in total. The highest BCUT2D eigenvalue weighted by Gasteiger charge is 2.36. The van der Waals surface area contributed by atoms with Gasteiger partial charge in [-0.3, -0.25) is 14.4 Å². The molecule has 0 bridgehead atoms. The van der Waals surface area contributed by atoms with Crippen molar-refractivity contribution in [1.82, 2.24) is 14.8 Å². The third-order valence-electron chi connectivity index (χ3n) is 8.01. The number of halogens is 4. The first-order valence-electron chi connectivity index (χ1n) is 15.3. The molecule has 2 atom stereocenters. The molecule has 0 fully saturated rings. The first-order chi connectivity index (χ1) is 21.4. The Balaban J connectivity index is 2.15. The van der Waals surface area contributed by atoms with Crippen LogP contribution in [-0.2, 0) is 28.6 Å². The summed E-state index contributed by atoms with van der Waals surface area (Å²) in [5, 5.41) is 12.4. The maximum Gasteiger partial charge on any atom is 0.416 e. The van der Waals surface area contributed by atoms with E-state index in [1.165, 1.54) is 0 Å². The van der Waals surface area contributed by atoms with Crippen molar-refractivity contribution < 1.29 is 32.3 Å². The molecule has 0 aliphatic heterocycles. The maximum absolute atomic E-state index is 15.8. The highest BCUT2D eigenvalue weighted by atomic mass is 19.4. The lowest BCUT2D eigenvalue weighted by molar-refractivity contribution is -0.139. The van der Waals surface area contributed by atoms with Crippen molar-refractivity contribution in [2.75, 3.05) is 20.6 Å². The number of carbonyl (C=O) groups is 2. The molecule has 250 valence electrons. The number of aliphatic carboxylic acids is 1. The van der Waals surface area contributed by atoms with Crippen LogP contribution in [0.25, 0.3) is 11.1 Å². The van der Waals surface area contributed by atoms with Crippen LogP contribution in [0.3, 0.4) is 0 Å². The second-order valence-electron chi connectivity index (χ2n) is 12.5. The second kappa shape index (κ2) is 15.1. The summed E-state index contributed by atoms with van der Waals surface area (Å²) in [5.74, 6) is -2.95. The van der Waals surface area contributed by atoms with Crippen LogP contribution in [0.2, 0.25) is 0 Å². The summed E-state index contributed by atoms with van der Waals surface area (Å²) in [5.41, 5.74) is 1.48. The molecule has 1 aromatic heterocycles. The monoisotopic (exact) mass is 645 g/mol. The molecule has 0 saturated carbocycles. The Labute approximate surface area is 267 Å². The number of aryl methyl sites for hydroxylation is 3. The van der Waals surface area contributed by atoms with E-state index in [1.807, 2.05) is 32.0 Å². The molecular formula is C35H43F4N3O4. The largest absolute Gasteiger partial charge is 0.481 e. The van der Waals surface area contributed by atoms with Gasteiger partial charge in [0.15, 0.2) is 0 Å². The molecule has 3 rings (SSSR count). The molecule has 11 heteroatoms. The summed E-state index contributed by atoms with van der Waals surface area (Å²) >= 11 is 0. The molecule has 1 amide bonds. The van der Waals surface area contributed by atoms with Gasteiger partial charge < -0.3 is 19.9 Å². The highest BCUT2D eigenvalue weighted by Crippen LogP contribution is 2.35. The molecule has 0 saturated heterocycles. The number of likely N-dealkylation sites (N-methyl/N-ethyl adjacent to an activating group) is 1. The number of carboxylic acids is 1. The highest BCUT2D eigenvalue weighted by molar-refractivity contribution is 5.82. The van der Waals surface area contributed by atoms with Gasteiger partial charge in [-0.2, -0.15) is 13.2 Å². The van der Waals surface area contributed by atoms with Crippen LogP contribution in [0.4, 0.5) is 17.6 Å². The van der Waals surface area contributed by atoms with Gasteiger partial charge in [0.25, 0.3) is 5.56 Å². The Bertz CT molecular complexity index is 1630. The van der Waals surface area contributed by atoms with Crippen LogP contribution < -0.4 is 10.9 Å². The van der Waals surface area contributed by atoms with Gasteiger partial charge in [0.05, 0.1) is 18.0 Å². The molecule has 3 aromatic rings. The average Bonchev–Trinajstić information content (AvgIpc) is 2.95. The minimum Gasteiger partial charge on any atom is -0.481 e. The van der Waals surface area contributed by atoms with E-state index in [4.69, 9.17) is 0 Å². The number of benzene rings is 2. The molecule has 2 aromatic carbocycles. The fourth-order valence-electron chi connectivity index (χ4n) is 5.75. The van der Waals surface area contributed by atoms with E-state index in [9.17, 15) is 32.7 Å². The lowest BCUT2D eigenvalue weighted by atomic mass is 9.89. The second-order valence-corrected chi connectivity index (χ2v) is 12.5. The van der Waals surface area contributed by atoms with E-state index < -0.39 is 53.5 Å². The predicted octanol–water partition coefficient (Wildman–Crippen LogP) is 6.88. The minimum atomic E-state index is -4.78. The first-order valence-corrected chi connectivity index (χ1v) is 15.3. The molecule has 0 aliphatic carbocycles. The predicted molar refractivity (Wildman–Crippen MR) is 170 cm³/mol. The van der Waals surface area contributed by atoms with Gasteiger partial charge in [-0.1, -0.05) is 39.0 Å². The number of hydrogen-bond donors (Lipinski definition) is 2. The number of amides is 1. The molecule has 1 heterocycles. The lowest BCUT2D eigenvalue weighted by Crippen LogP contribution is -2.41. The number of nitrogens with one attached hydrogen (secondary N) is 1. The zero-order valence-corrected chi connectivity index (χ0v) is 27.4. The van der Waals surface area contributed by atoms with Gasteiger partial charge in [-0.25, -0.2) is 4.39 Å². The number of nitrogens with zero attached hydrogens (tertiary/aromatic N) is 2. The van der Waals surface area contributed by atoms with E-state index in [2.05, 4.69) is 5.32 Å². The standard InChI is InChI=1S/C35H43F4N3O4/c1-8-23-11-9-10-21(4)32(23)25-15-22(5)33(36)26(16-25)28(18-31(44)45)40-34(46)29(14-20(2)3)42-19-24(12-13-41(6)7)27(17-30(42)43)35(37,38)39/h9-11,15-17,19-20,28-29H,8,12-14,18H2,1-7H3,(H,40,46)(H,44,45)/t28-,29?/m0/s1. The zero-order valence-electron chi connectivity index (χ0n) is 27.4. The minimum absolute atomic E-state index is 0.0320. The van der Waals surface area contributed by atoms with Crippen molar-refractivity contribution in [3.05, 3.63) is 92.1 Å². The van der Waals surface area contributed by atoms with Crippen molar-refractivity contribution >= 4 is 11.9 Å². The number of aromatic nitrogens is 1. The number of carbonyl (C=O) groups excluding carboxylic acids is 1. The third kappa shape index (κ3) is 8.84. The smallest absolute Gasteiger partial charge is 0.416 e. The zero-order chi connectivity index (χ0) is 34.5. The van der Waals surface area contributed by atoms with Crippen LogP contribution >= 0.6 is 0 Å². The summed E-state index contributed by atoms with van der Waals surface area (Å²) < 4.78 is 58.5. The maximum atomic E-state index is 15.8. The van der Waals surface area contributed by atoms with Gasteiger partial charge in [-0.05, 0) is 98.6 Å². The first kappa shape index (κ1) is 36.5. The van der Waals surface area contributed by atoms with Crippen molar-refractivity contribution in [2.45, 2.75) is 78.6 Å². The van der Waals surface area contributed by atoms with Crippen molar-refractivity contribution in [3.63, 3.8) is 0 Å². The Kier molecular flexibility index (Phi) is 11.9. The molecular weight excluding hydrogens is 602 g/mol. The SMILES string of the molecule is CCc1cccc(C)c1-c1cc(C)c(F)c([C@H](CC(=O)O)NC(=O)C(CC(C)C)n2cc(CCN(C)C)c(C(F)(F)F)cc2=O)c1. The van der Waals surface area contributed by atoms with Crippen molar-refractivity contribution in [2.24, 2.45) is 5.92 Å². The molecule has 46 heavy (non-hydrogen) atoms. The number of carboxylic acid groups (broad SMARTS) is 1. The van der Waals surface area contributed by atoms with Gasteiger partial charge in [0.2, 0.25) is 5.91 Å². The summed E-state index contributed by atoms with van der Waals surface area (Å²) in [6, 6.07) is 6.92. The van der Waals surface area contributed by atoms with Crippen LogP contribution in [0, 0.1) is 25.6 Å². The summed E-state index contributed by atoms with van der Waals surface area (Å²) in [7, 11) is 3.41. The normalized spacial score (nSPS) is 13.2.